The van der Waals surface area contributed by atoms with E-state index in [0.717, 1.165) is 42.4 Å². The molecule has 1 aliphatic rings. The molecule has 0 radical (unpaired) electrons. The van der Waals surface area contributed by atoms with Gasteiger partial charge in [-0.15, -0.1) is 11.3 Å². The molecule has 0 bridgehead atoms. The summed E-state index contributed by atoms with van der Waals surface area (Å²) in [6.45, 7) is 1.49. The number of aromatic nitrogens is 2. The predicted molar refractivity (Wildman–Crippen MR) is 132 cm³/mol. The van der Waals surface area contributed by atoms with E-state index in [4.69, 9.17) is 9.72 Å². The third kappa shape index (κ3) is 4.92. The molecule has 0 fully saturated rings. The molecule has 0 saturated heterocycles. The van der Waals surface area contributed by atoms with Crippen molar-refractivity contribution in [1.82, 2.24) is 14.5 Å². The Bertz CT molecular complexity index is 1180. The summed E-state index contributed by atoms with van der Waals surface area (Å²) in [6.07, 6.45) is 5.15. The van der Waals surface area contributed by atoms with E-state index in [1.165, 1.54) is 28.6 Å². The van der Waals surface area contributed by atoms with E-state index in [9.17, 15) is 9.59 Å². The lowest BCUT2D eigenvalue weighted by Gasteiger charge is -2.15. The van der Waals surface area contributed by atoms with Gasteiger partial charge in [0.15, 0.2) is 10.9 Å². The lowest BCUT2D eigenvalue weighted by atomic mass is 9.97. The fourth-order valence-electron chi connectivity index (χ4n) is 4.08. The van der Waals surface area contributed by atoms with Gasteiger partial charge in [-0.25, -0.2) is 4.98 Å². The second-order valence-corrected chi connectivity index (χ2v) is 10.4. The molecule has 0 spiro atoms. The monoisotopic (exact) mass is 471 g/mol. The molecule has 0 aliphatic heterocycles. The van der Waals surface area contributed by atoms with Crippen molar-refractivity contribution in [3.63, 3.8) is 0 Å². The van der Waals surface area contributed by atoms with Crippen molar-refractivity contribution in [3.05, 3.63) is 50.6 Å². The number of rotatable bonds is 9. The fourth-order valence-corrected chi connectivity index (χ4v) is 6.30. The van der Waals surface area contributed by atoms with E-state index in [0.29, 0.717) is 23.0 Å². The smallest absolute Gasteiger partial charge is 0.263 e. The average molecular weight is 472 g/mol. The SMILES string of the molecule is COc1cccc(C(=O)CSc2nc3sc4c(c3c(=O)n2CCCN(C)C)CCCC4)c1. The molecule has 0 unspecified atom stereocenters. The first-order chi connectivity index (χ1) is 15.5. The molecule has 6 nitrogen and oxygen atoms in total. The number of thioether (sulfide) groups is 1. The van der Waals surface area contributed by atoms with Crippen molar-refractivity contribution in [3.8, 4) is 5.75 Å². The van der Waals surface area contributed by atoms with E-state index in [-0.39, 0.29) is 17.1 Å². The van der Waals surface area contributed by atoms with Gasteiger partial charge in [-0.2, -0.15) is 0 Å². The van der Waals surface area contributed by atoms with Gasteiger partial charge in [0.2, 0.25) is 0 Å². The molecule has 0 atom stereocenters. The van der Waals surface area contributed by atoms with Gasteiger partial charge < -0.3 is 9.64 Å². The normalized spacial score (nSPS) is 13.5. The van der Waals surface area contributed by atoms with Crippen LogP contribution in [-0.4, -0.2) is 53.7 Å². The number of benzene rings is 1. The summed E-state index contributed by atoms with van der Waals surface area (Å²) in [5, 5.41) is 1.44. The number of nitrogens with zero attached hydrogens (tertiary/aromatic N) is 3. The van der Waals surface area contributed by atoms with Gasteiger partial charge in [0, 0.05) is 17.0 Å². The van der Waals surface area contributed by atoms with Gasteiger partial charge in [0.25, 0.3) is 5.56 Å². The van der Waals surface area contributed by atoms with Crippen LogP contribution in [0.4, 0.5) is 0 Å². The van der Waals surface area contributed by atoms with Gasteiger partial charge >= 0.3 is 0 Å². The largest absolute Gasteiger partial charge is 0.497 e. The summed E-state index contributed by atoms with van der Waals surface area (Å²) in [7, 11) is 5.65. The lowest BCUT2D eigenvalue weighted by Crippen LogP contribution is -2.26. The Labute approximate surface area is 196 Å². The van der Waals surface area contributed by atoms with Crippen molar-refractivity contribution in [2.45, 2.75) is 43.8 Å². The first-order valence-corrected chi connectivity index (χ1v) is 12.8. The second-order valence-electron chi connectivity index (χ2n) is 8.34. The summed E-state index contributed by atoms with van der Waals surface area (Å²) in [6, 6.07) is 7.17. The molecule has 3 aromatic rings. The summed E-state index contributed by atoms with van der Waals surface area (Å²) in [5.41, 5.74) is 1.86. The van der Waals surface area contributed by atoms with Crippen LogP contribution < -0.4 is 10.3 Å². The van der Waals surface area contributed by atoms with Crippen molar-refractivity contribution >= 4 is 39.1 Å². The predicted octanol–water partition coefficient (Wildman–Crippen LogP) is 4.27. The number of carbonyl (C=O) groups excluding carboxylic acids is 1. The molecule has 4 rings (SSSR count). The zero-order valence-electron chi connectivity index (χ0n) is 18.8. The summed E-state index contributed by atoms with van der Waals surface area (Å²) in [4.78, 5) is 35.5. The fraction of sp³-hybridized carbons (Fsp3) is 0.458. The maximum Gasteiger partial charge on any atom is 0.263 e. The quantitative estimate of drug-likeness (QED) is 0.264. The van der Waals surface area contributed by atoms with Crippen LogP contribution in [0.2, 0.25) is 0 Å². The van der Waals surface area contributed by atoms with Crippen molar-refractivity contribution in [2.75, 3.05) is 33.5 Å². The summed E-state index contributed by atoms with van der Waals surface area (Å²) >= 11 is 3.01. The van der Waals surface area contributed by atoms with Crippen LogP contribution in [0.3, 0.4) is 0 Å². The molecule has 0 amide bonds. The minimum Gasteiger partial charge on any atom is -0.497 e. The third-order valence-electron chi connectivity index (χ3n) is 5.75. The molecule has 32 heavy (non-hydrogen) atoms. The van der Waals surface area contributed by atoms with Crippen molar-refractivity contribution in [2.24, 2.45) is 0 Å². The van der Waals surface area contributed by atoms with E-state index in [1.54, 1.807) is 35.1 Å². The Balaban J connectivity index is 1.65. The van der Waals surface area contributed by atoms with Crippen molar-refractivity contribution in [1.29, 1.82) is 0 Å². The maximum absolute atomic E-state index is 13.6. The van der Waals surface area contributed by atoms with Crippen LogP contribution >= 0.6 is 23.1 Å². The molecule has 0 saturated carbocycles. The van der Waals surface area contributed by atoms with Crippen molar-refractivity contribution < 1.29 is 9.53 Å². The Morgan fingerprint density at radius 1 is 1.28 bits per heavy atom. The zero-order chi connectivity index (χ0) is 22.7. The molecule has 170 valence electrons. The Morgan fingerprint density at radius 3 is 2.88 bits per heavy atom. The highest BCUT2D eigenvalue weighted by Gasteiger charge is 2.22. The standard InChI is InChI=1S/C24H29N3O3S2/c1-26(2)12-7-13-27-23(29)21-18-10-4-5-11-20(18)32-22(21)25-24(27)31-15-19(28)16-8-6-9-17(14-16)30-3/h6,8-9,14H,4-5,7,10-13,15H2,1-3H3. The van der Waals surface area contributed by atoms with E-state index < -0.39 is 0 Å². The minimum absolute atomic E-state index is 0.00596. The number of ketones is 1. The van der Waals surface area contributed by atoms with Gasteiger partial charge in [0.1, 0.15) is 10.6 Å². The van der Waals surface area contributed by atoms with Gasteiger partial charge in [-0.05, 0) is 70.4 Å². The highest BCUT2D eigenvalue weighted by molar-refractivity contribution is 7.99. The Hall–Kier alpha value is -2.16. The molecule has 1 aromatic carbocycles. The minimum atomic E-state index is -0.00596. The molecular weight excluding hydrogens is 442 g/mol. The number of ether oxygens (including phenoxy) is 1. The molecule has 1 aliphatic carbocycles. The van der Waals surface area contributed by atoms with Crippen LogP contribution in [0.1, 0.15) is 40.1 Å². The highest BCUT2D eigenvalue weighted by Crippen LogP contribution is 2.34. The van der Waals surface area contributed by atoms with Gasteiger partial charge in [-0.3, -0.25) is 14.2 Å². The molecule has 2 heterocycles. The van der Waals surface area contributed by atoms with Gasteiger partial charge in [-0.1, -0.05) is 23.9 Å². The molecule has 0 N–H and O–H groups in total. The number of hydrogen-bond donors (Lipinski definition) is 0. The molecule has 2 aromatic heterocycles. The molecule has 8 heteroatoms. The number of Topliss-reactive ketones (excluding diaryl/α,β-unsaturated/α-hetero) is 1. The maximum atomic E-state index is 13.6. The zero-order valence-corrected chi connectivity index (χ0v) is 20.5. The molecular formula is C24H29N3O3S2. The Morgan fingerprint density at radius 2 is 2.09 bits per heavy atom. The van der Waals surface area contributed by atoms with Gasteiger partial charge in [0.05, 0.1) is 18.2 Å². The van der Waals surface area contributed by atoms with Crippen LogP contribution in [0, 0.1) is 0 Å². The van der Waals surface area contributed by atoms with Crippen LogP contribution in [0.15, 0.2) is 34.2 Å². The summed E-state index contributed by atoms with van der Waals surface area (Å²) in [5.74, 6) is 0.878. The first-order valence-electron chi connectivity index (χ1n) is 11.0. The number of thiophene rings is 1. The second kappa shape index (κ2) is 10.2. The number of fused-ring (bicyclic) bond motifs is 3. The number of carbonyl (C=O) groups is 1. The highest BCUT2D eigenvalue weighted by atomic mass is 32.2. The average Bonchev–Trinajstić information content (AvgIpc) is 3.17. The van der Waals surface area contributed by atoms with E-state index in [2.05, 4.69) is 4.90 Å². The Kier molecular flexibility index (Phi) is 7.33. The first kappa shape index (κ1) is 23.0. The summed E-state index contributed by atoms with van der Waals surface area (Å²) < 4.78 is 7.02. The number of aryl methyl sites for hydroxylation is 2. The van der Waals surface area contributed by atoms with E-state index >= 15 is 0 Å². The van der Waals surface area contributed by atoms with Crippen LogP contribution in [0.25, 0.3) is 10.2 Å². The van der Waals surface area contributed by atoms with Crippen LogP contribution in [0.5, 0.6) is 5.75 Å². The number of methoxy groups -OCH3 is 1. The van der Waals surface area contributed by atoms with Crippen LogP contribution in [-0.2, 0) is 19.4 Å². The lowest BCUT2D eigenvalue weighted by molar-refractivity contribution is 0.102. The van der Waals surface area contributed by atoms with E-state index in [1.807, 2.05) is 26.2 Å². The topological polar surface area (TPSA) is 64.4 Å². The number of hydrogen-bond acceptors (Lipinski definition) is 7. The third-order valence-corrected chi connectivity index (χ3v) is 7.91.